The van der Waals surface area contributed by atoms with Gasteiger partial charge in [0.2, 0.25) is 5.91 Å². The van der Waals surface area contributed by atoms with Crippen LogP contribution in [0.5, 0.6) is 0 Å². The third-order valence-corrected chi connectivity index (χ3v) is 3.99. The van der Waals surface area contributed by atoms with E-state index in [0.29, 0.717) is 12.4 Å². The van der Waals surface area contributed by atoms with Gasteiger partial charge in [0.15, 0.2) is 0 Å². The molecule has 1 N–H and O–H groups in total. The summed E-state index contributed by atoms with van der Waals surface area (Å²) in [5.41, 5.74) is -1.01. The Hall–Kier alpha value is -2.84. The van der Waals surface area contributed by atoms with Gasteiger partial charge in [-0.15, -0.1) is 0 Å². The standard InChI is InChI=1S/C16H15F3N4O2/c17-16(18,19)12-4-2-1-3-11(12)8-23-6-5-22(9-15(23)25)13-7-14(24)21-10-20-13/h1-4,7,10H,5-6,8-9H2,(H,20,21,24). The number of carbonyl (C=O) groups excluding carboxylic acids is 1. The molecule has 0 saturated carbocycles. The first-order chi connectivity index (χ1) is 11.8. The van der Waals surface area contributed by atoms with E-state index in [0.717, 1.165) is 6.07 Å². The van der Waals surface area contributed by atoms with Crippen molar-refractivity contribution in [3.63, 3.8) is 0 Å². The quantitative estimate of drug-likeness (QED) is 0.912. The van der Waals surface area contributed by atoms with E-state index in [1.54, 1.807) is 4.90 Å². The molecule has 0 aliphatic carbocycles. The Morgan fingerprint density at radius 2 is 1.92 bits per heavy atom. The van der Waals surface area contributed by atoms with Crippen LogP contribution in [0, 0.1) is 0 Å². The second-order valence-corrected chi connectivity index (χ2v) is 5.66. The summed E-state index contributed by atoms with van der Waals surface area (Å²) < 4.78 is 39.2. The van der Waals surface area contributed by atoms with Gasteiger partial charge in [-0.25, -0.2) is 4.98 Å². The van der Waals surface area contributed by atoms with E-state index in [-0.39, 0.29) is 36.7 Å². The zero-order chi connectivity index (χ0) is 18.0. The molecule has 0 bridgehead atoms. The van der Waals surface area contributed by atoms with Crippen molar-refractivity contribution in [3.05, 3.63) is 58.1 Å². The monoisotopic (exact) mass is 352 g/mol. The Labute approximate surface area is 140 Å². The molecule has 6 nitrogen and oxygen atoms in total. The molecule has 1 fully saturated rings. The third kappa shape index (κ3) is 3.81. The number of alkyl halides is 3. The number of benzene rings is 1. The van der Waals surface area contributed by atoms with Crippen LogP contribution in [0.2, 0.25) is 0 Å². The molecule has 1 aromatic heterocycles. The number of nitrogens with zero attached hydrogens (tertiary/aromatic N) is 3. The number of amides is 1. The second-order valence-electron chi connectivity index (χ2n) is 5.66. The maximum Gasteiger partial charge on any atom is 0.416 e. The molecule has 0 spiro atoms. The molecular formula is C16H15F3N4O2. The summed E-state index contributed by atoms with van der Waals surface area (Å²) in [6, 6.07) is 6.51. The zero-order valence-electron chi connectivity index (χ0n) is 13.1. The Kier molecular flexibility index (Phi) is 4.47. The highest BCUT2D eigenvalue weighted by molar-refractivity contribution is 5.82. The van der Waals surface area contributed by atoms with E-state index >= 15 is 0 Å². The van der Waals surface area contributed by atoms with Gasteiger partial charge < -0.3 is 14.8 Å². The summed E-state index contributed by atoms with van der Waals surface area (Å²) in [6.07, 6.45) is -3.22. The lowest BCUT2D eigenvalue weighted by Gasteiger charge is -2.35. The van der Waals surface area contributed by atoms with E-state index in [1.807, 2.05) is 0 Å². The van der Waals surface area contributed by atoms with Crippen LogP contribution in [-0.4, -0.2) is 40.4 Å². The van der Waals surface area contributed by atoms with E-state index < -0.39 is 11.7 Å². The largest absolute Gasteiger partial charge is 0.416 e. The maximum atomic E-state index is 13.1. The molecule has 1 amide bonds. The summed E-state index contributed by atoms with van der Waals surface area (Å²) >= 11 is 0. The summed E-state index contributed by atoms with van der Waals surface area (Å²) in [4.78, 5) is 33.0. The van der Waals surface area contributed by atoms with E-state index in [9.17, 15) is 22.8 Å². The predicted octanol–water partition coefficient (Wildman–Crippen LogP) is 1.64. The number of carbonyl (C=O) groups is 1. The molecule has 3 rings (SSSR count). The minimum absolute atomic E-state index is 0.0371. The molecule has 2 aromatic rings. The first kappa shape index (κ1) is 17.0. The number of aromatic amines is 1. The minimum atomic E-state index is -4.46. The number of halogens is 3. The van der Waals surface area contributed by atoms with Crippen molar-refractivity contribution < 1.29 is 18.0 Å². The summed E-state index contributed by atoms with van der Waals surface area (Å²) in [5, 5.41) is 0. The molecule has 1 aromatic carbocycles. The fraction of sp³-hybridized carbons (Fsp3) is 0.312. The van der Waals surface area contributed by atoms with Crippen molar-refractivity contribution in [1.82, 2.24) is 14.9 Å². The van der Waals surface area contributed by atoms with Crippen molar-refractivity contribution in [2.24, 2.45) is 0 Å². The van der Waals surface area contributed by atoms with Crippen LogP contribution in [0.15, 0.2) is 41.5 Å². The molecular weight excluding hydrogens is 337 g/mol. The zero-order valence-corrected chi connectivity index (χ0v) is 13.1. The fourth-order valence-corrected chi connectivity index (χ4v) is 2.74. The van der Waals surface area contributed by atoms with Crippen molar-refractivity contribution >= 4 is 11.7 Å². The Bertz CT molecular complexity index is 834. The van der Waals surface area contributed by atoms with Crippen LogP contribution < -0.4 is 10.5 Å². The lowest BCUT2D eigenvalue weighted by Crippen LogP contribution is -2.50. The van der Waals surface area contributed by atoms with Gasteiger partial charge in [0.25, 0.3) is 5.56 Å². The number of piperazine rings is 1. The van der Waals surface area contributed by atoms with Gasteiger partial charge in [0.05, 0.1) is 18.4 Å². The van der Waals surface area contributed by atoms with Crippen molar-refractivity contribution in [1.29, 1.82) is 0 Å². The van der Waals surface area contributed by atoms with E-state index in [1.165, 1.54) is 35.5 Å². The molecule has 1 aliphatic rings. The topological polar surface area (TPSA) is 69.3 Å². The number of rotatable bonds is 3. The first-order valence-electron chi connectivity index (χ1n) is 7.57. The van der Waals surface area contributed by atoms with Gasteiger partial charge in [0.1, 0.15) is 5.82 Å². The number of hydrogen-bond acceptors (Lipinski definition) is 4. The Morgan fingerprint density at radius 3 is 2.60 bits per heavy atom. The summed E-state index contributed by atoms with van der Waals surface area (Å²) in [5.74, 6) is 0.0535. The van der Waals surface area contributed by atoms with Crippen LogP contribution in [0.4, 0.5) is 19.0 Å². The van der Waals surface area contributed by atoms with Crippen LogP contribution in [-0.2, 0) is 17.5 Å². The van der Waals surface area contributed by atoms with Crippen molar-refractivity contribution in [3.8, 4) is 0 Å². The second kappa shape index (κ2) is 6.58. The first-order valence-corrected chi connectivity index (χ1v) is 7.57. The van der Waals surface area contributed by atoms with Gasteiger partial charge in [0, 0.05) is 25.7 Å². The van der Waals surface area contributed by atoms with Crippen LogP contribution in [0.1, 0.15) is 11.1 Å². The molecule has 0 unspecified atom stereocenters. The van der Waals surface area contributed by atoms with Crippen molar-refractivity contribution in [2.75, 3.05) is 24.5 Å². The van der Waals surface area contributed by atoms with Gasteiger partial charge in [-0.1, -0.05) is 18.2 Å². The number of aromatic nitrogens is 2. The molecule has 0 radical (unpaired) electrons. The lowest BCUT2D eigenvalue weighted by atomic mass is 10.1. The number of H-pyrrole nitrogens is 1. The van der Waals surface area contributed by atoms with Gasteiger partial charge in [-0.2, -0.15) is 13.2 Å². The highest BCUT2D eigenvalue weighted by Gasteiger charge is 2.34. The highest BCUT2D eigenvalue weighted by atomic mass is 19.4. The number of anilines is 1. The Balaban J connectivity index is 1.73. The predicted molar refractivity (Wildman–Crippen MR) is 83.9 cm³/mol. The molecule has 25 heavy (non-hydrogen) atoms. The molecule has 9 heteroatoms. The van der Waals surface area contributed by atoms with Gasteiger partial charge in [-0.3, -0.25) is 9.59 Å². The Morgan fingerprint density at radius 1 is 1.16 bits per heavy atom. The lowest BCUT2D eigenvalue weighted by molar-refractivity contribution is -0.140. The summed E-state index contributed by atoms with van der Waals surface area (Å²) in [7, 11) is 0. The SMILES string of the molecule is O=C1CN(c2cc(=O)[nH]cn2)CCN1Cc1ccccc1C(F)(F)F. The maximum absolute atomic E-state index is 13.1. The highest BCUT2D eigenvalue weighted by Crippen LogP contribution is 2.32. The van der Waals surface area contributed by atoms with E-state index in [2.05, 4.69) is 9.97 Å². The normalized spacial score (nSPS) is 15.6. The van der Waals surface area contributed by atoms with Crippen LogP contribution in [0.3, 0.4) is 0 Å². The van der Waals surface area contributed by atoms with Crippen LogP contribution in [0.25, 0.3) is 0 Å². The molecule has 1 aliphatic heterocycles. The summed E-state index contributed by atoms with van der Waals surface area (Å²) in [6.45, 7) is 0.492. The van der Waals surface area contributed by atoms with Crippen LogP contribution >= 0.6 is 0 Å². The number of hydrogen-bond donors (Lipinski definition) is 1. The third-order valence-electron chi connectivity index (χ3n) is 3.99. The molecule has 0 atom stereocenters. The smallest absolute Gasteiger partial charge is 0.345 e. The van der Waals surface area contributed by atoms with Crippen molar-refractivity contribution in [2.45, 2.75) is 12.7 Å². The average molecular weight is 352 g/mol. The molecule has 2 heterocycles. The number of nitrogens with one attached hydrogen (secondary N) is 1. The van der Waals surface area contributed by atoms with Gasteiger partial charge in [-0.05, 0) is 11.6 Å². The molecule has 132 valence electrons. The average Bonchev–Trinajstić information content (AvgIpc) is 2.56. The molecule has 1 saturated heterocycles. The fourth-order valence-electron chi connectivity index (χ4n) is 2.74. The minimum Gasteiger partial charge on any atom is -0.345 e. The van der Waals surface area contributed by atoms with Gasteiger partial charge >= 0.3 is 6.18 Å². The van der Waals surface area contributed by atoms with E-state index in [4.69, 9.17) is 0 Å².